The van der Waals surface area contributed by atoms with Gasteiger partial charge in [-0.1, -0.05) is 12.1 Å². The first-order valence-electron chi connectivity index (χ1n) is 9.92. The van der Waals surface area contributed by atoms with Gasteiger partial charge >= 0.3 is 5.97 Å². The molecule has 1 aromatic heterocycles. The minimum atomic E-state index is -4.01. The Hall–Kier alpha value is -2.98. The van der Waals surface area contributed by atoms with Crippen molar-refractivity contribution < 1.29 is 27.5 Å². The number of esters is 1. The van der Waals surface area contributed by atoms with Crippen LogP contribution >= 0.6 is 0 Å². The molecule has 1 amide bonds. The van der Waals surface area contributed by atoms with Crippen molar-refractivity contribution in [2.24, 2.45) is 7.05 Å². The van der Waals surface area contributed by atoms with E-state index in [1.165, 1.54) is 23.8 Å². The van der Waals surface area contributed by atoms with Crippen LogP contribution in [-0.2, 0) is 26.6 Å². The highest BCUT2D eigenvalue weighted by Crippen LogP contribution is 2.28. The molecule has 0 aliphatic carbocycles. The Morgan fingerprint density at radius 1 is 1.23 bits per heavy atom. The second kappa shape index (κ2) is 9.03. The SMILES string of the molecule is CCOC(=O)c1cc(S(=O)(=O)N2CCC[C@H]2C(=O)Nc2cccc(C(C)=O)c2)cn1C. The Labute approximate surface area is 181 Å². The highest BCUT2D eigenvalue weighted by molar-refractivity contribution is 7.89. The Kier molecular flexibility index (Phi) is 6.61. The zero-order valence-corrected chi connectivity index (χ0v) is 18.4. The van der Waals surface area contributed by atoms with Gasteiger partial charge in [-0.2, -0.15) is 4.31 Å². The van der Waals surface area contributed by atoms with Crippen LogP contribution in [0.25, 0.3) is 0 Å². The molecule has 0 bridgehead atoms. The molecule has 1 saturated heterocycles. The van der Waals surface area contributed by atoms with Gasteiger partial charge in [-0.25, -0.2) is 13.2 Å². The summed E-state index contributed by atoms with van der Waals surface area (Å²) in [4.78, 5) is 36.4. The fraction of sp³-hybridized carbons (Fsp3) is 0.381. The van der Waals surface area contributed by atoms with E-state index in [2.05, 4.69) is 5.32 Å². The predicted molar refractivity (Wildman–Crippen MR) is 113 cm³/mol. The lowest BCUT2D eigenvalue weighted by molar-refractivity contribution is -0.119. The molecule has 9 nitrogen and oxygen atoms in total. The van der Waals surface area contributed by atoms with Gasteiger partial charge in [-0.05, 0) is 44.9 Å². The molecule has 10 heteroatoms. The third-order valence-electron chi connectivity index (χ3n) is 5.11. The molecule has 0 radical (unpaired) electrons. The topological polar surface area (TPSA) is 115 Å². The van der Waals surface area contributed by atoms with Crippen molar-refractivity contribution in [2.45, 2.75) is 37.6 Å². The first-order valence-corrected chi connectivity index (χ1v) is 11.4. The summed E-state index contributed by atoms with van der Waals surface area (Å²) in [5.41, 5.74) is 0.984. The van der Waals surface area contributed by atoms with Gasteiger partial charge in [0.2, 0.25) is 15.9 Å². The second-order valence-electron chi connectivity index (χ2n) is 7.29. The third kappa shape index (κ3) is 4.70. The molecular weight excluding hydrogens is 422 g/mol. The number of amides is 1. The number of hydrogen-bond donors (Lipinski definition) is 1. The fourth-order valence-corrected chi connectivity index (χ4v) is 5.28. The van der Waals surface area contributed by atoms with Crippen molar-refractivity contribution in [3.63, 3.8) is 0 Å². The molecule has 31 heavy (non-hydrogen) atoms. The quantitative estimate of drug-likeness (QED) is 0.514. The van der Waals surface area contributed by atoms with Gasteiger partial charge in [0.15, 0.2) is 5.78 Å². The molecule has 1 aliphatic heterocycles. The lowest BCUT2D eigenvalue weighted by Gasteiger charge is -2.23. The van der Waals surface area contributed by atoms with Crippen LogP contribution in [0.15, 0.2) is 41.4 Å². The third-order valence-corrected chi connectivity index (χ3v) is 6.99. The summed E-state index contributed by atoms with van der Waals surface area (Å²) in [6.45, 7) is 3.46. The Morgan fingerprint density at radius 2 is 1.97 bits per heavy atom. The molecule has 0 spiro atoms. The molecule has 1 atom stereocenters. The first kappa shape index (κ1) is 22.7. The molecule has 1 aromatic carbocycles. The molecule has 0 unspecified atom stereocenters. The lowest BCUT2D eigenvalue weighted by atomic mass is 10.1. The number of Topliss-reactive ketones (excluding diaryl/α,β-unsaturated/α-hetero) is 1. The van der Waals surface area contributed by atoms with Crippen LogP contribution in [0.4, 0.5) is 5.69 Å². The summed E-state index contributed by atoms with van der Waals surface area (Å²) in [5.74, 6) is -1.22. The van der Waals surface area contributed by atoms with Crippen molar-refractivity contribution in [3.8, 4) is 0 Å². The number of carbonyl (C=O) groups excluding carboxylic acids is 3. The normalized spacial score (nSPS) is 16.8. The van der Waals surface area contributed by atoms with E-state index in [0.717, 1.165) is 4.31 Å². The van der Waals surface area contributed by atoms with E-state index >= 15 is 0 Å². The van der Waals surface area contributed by atoms with Gasteiger partial charge in [0.05, 0.1) is 6.61 Å². The maximum Gasteiger partial charge on any atom is 0.354 e. The maximum atomic E-state index is 13.2. The minimum absolute atomic E-state index is 0.0728. The number of ketones is 1. The summed E-state index contributed by atoms with van der Waals surface area (Å²) >= 11 is 0. The fourth-order valence-electron chi connectivity index (χ4n) is 3.55. The van der Waals surface area contributed by atoms with Crippen LogP contribution in [0, 0.1) is 0 Å². The van der Waals surface area contributed by atoms with Crippen LogP contribution in [0.2, 0.25) is 0 Å². The molecule has 2 heterocycles. The molecule has 2 aromatic rings. The van der Waals surface area contributed by atoms with E-state index in [-0.39, 0.29) is 29.5 Å². The van der Waals surface area contributed by atoms with Gasteiger partial charge in [0.25, 0.3) is 0 Å². The highest BCUT2D eigenvalue weighted by atomic mass is 32.2. The van der Waals surface area contributed by atoms with Gasteiger partial charge in [0.1, 0.15) is 16.6 Å². The molecule has 1 aliphatic rings. The monoisotopic (exact) mass is 447 g/mol. The molecular formula is C21H25N3O6S. The first-order chi connectivity index (χ1) is 14.6. The molecule has 1 fully saturated rings. The van der Waals surface area contributed by atoms with E-state index in [1.807, 2.05) is 0 Å². The second-order valence-corrected chi connectivity index (χ2v) is 9.18. The van der Waals surface area contributed by atoms with E-state index < -0.39 is 27.9 Å². The Balaban J connectivity index is 1.83. The largest absolute Gasteiger partial charge is 0.461 e. The van der Waals surface area contributed by atoms with Crippen LogP contribution in [0.1, 0.15) is 47.5 Å². The van der Waals surface area contributed by atoms with E-state index in [1.54, 1.807) is 38.2 Å². The van der Waals surface area contributed by atoms with Crippen LogP contribution < -0.4 is 5.32 Å². The number of hydrogen-bond acceptors (Lipinski definition) is 6. The molecule has 0 saturated carbocycles. The number of nitrogens with one attached hydrogen (secondary N) is 1. The summed E-state index contributed by atoms with van der Waals surface area (Å²) in [7, 11) is -2.45. The molecule has 3 rings (SSSR count). The number of carbonyl (C=O) groups is 3. The smallest absolute Gasteiger partial charge is 0.354 e. The minimum Gasteiger partial charge on any atom is -0.461 e. The van der Waals surface area contributed by atoms with E-state index in [9.17, 15) is 22.8 Å². The van der Waals surface area contributed by atoms with Gasteiger partial charge in [0, 0.05) is 31.0 Å². The van der Waals surface area contributed by atoms with Crippen molar-refractivity contribution in [3.05, 3.63) is 47.8 Å². The summed E-state index contributed by atoms with van der Waals surface area (Å²) in [5, 5.41) is 2.71. The van der Waals surface area contributed by atoms with Crippen molar-refractivity contribution in [1.29, 1.82) is 0 Å². The molecule has 166 valence electrons. The number of sulfonamides is 1. The van der Waals surface area contributed by atoms with Crippen LogP contribution in [-0.4, -0.2) is 54.1 Å². The standard InChI is InChI=1S/C21H25N3O6S/c1-4-30-21(27)19-12-17(13-23(19)3)31(28,29)24-10-6-9-18(24)20(26)22-16-8-5-7-15(11-16)14(2)25/h5,7-8,11-13,18H,4,6,9-10H2,1-3H3,(H,22,26)/t18-/m0/s1. The zero-order chi connectivity index (χ0) is 22.8. The number of rotatable bonds is 7. The van der Waals surface area contributed by atoms with Gasteiger partial charge in [-0.15, -0.1) is 0 Å². The van der Waals surface area contributed by atoms with Crippen molar-refractivity contribution >= 4 is 33.4 Å². The number of nitrogens with zero attached hydrogens (tertiary/aromatic N) is 2. The zero-order valence-electron chi connectivity index (χ0n) is 17.6. The summed E-state index contributed by atoms with van der Waals surface area (Å²) in [6.07, 6.45) is 2.24. The summed E-state index contributed by atoms with van der Waals surface area (Å²) in [6, 6.07) is 6.85. The van der Waals surface area contributed by atoms with Crippen LogP contribution in [0.3, 0.4) is 0 Å². The number of aromatic nitrogens is 1. The predicted octanol–water partition coefficient (Wildman–Crippen LogP) is 2.20. The van der Waals surface area contributed by atoms with E-state index in [4.69, 9.17) is 4.74 Å². The Morgan fingerprint density at radius 3 is 2.65 bits per heavy atom. The maximum absolute atomic E-state index is 13.2. The van der Waals surface area contributed by atoms with Crippen molar-refractivity contribution in [2.75, 3.05) is 18.5 Å². The average Bonchev–Trinajstić information content (AvgIpc) is 3.36. The van der Waals surface area contributed by atoms with E-state index in [0.29, 0.717) is 24.1 Å². The highest BCUT2D eigenvalue weighted by Gasteiger charge is 2.40. The summed E-state index contributed by atoms with van der Waals surface area (Å²) < 4.78 is 34.0. The van der Waals surface area contributed by atoms with Gasteiger partial charge in [-0.3, -0.25) is 9.59 Å². The van der Waals surface area contributed by atoms with Crippen LogP contribution in [0.5, 0.6) is 0 Å². The number of benzene rings is 1. The Bertz CT molecular complexity index is 1120. The van der Waals surface area contributed by atoms with Gasteiger partial charge < -0.3 is 14.6 Å². The lowest BCUT2D eigenvalue weighted by Crippen LogP contribution is -2.43. The average molecular weight is 448 g/mol. The number of anilines is 1. The van der Waals surface area contributed by atoms with Crippen molar-refractivity contribution in [1.82, 2.24) is 8.87 Å². The number of aryl methyl sites for hydroxylation is 1. The number of ether oxygens (including phenoxy) is 1. The molecule has 1 N–H and O–H groups in total.